The number of rotatable bonds is 5. The Morgan fingerprint density at radius 3 is 2.86 bits per heavy atom. The minimum absolute atomic E-state index is 0.0448. The quantitative estimate of drug-likeness (QED) is 0.757. The Kier molecular flexibility index (Phi) is 4.19. The lowest BCUT2D eigenvalue weighted by molar-refractivity contribution is -0.121. The number of hydrogen-bond acceptors (Lipinski definition) is 2. The van der Waals surface area contributed by atoms with Crippen LogP contribution >= 0.6 is 0 Å². The second-order valence-corrected chi connectivity index (χ2v) is 5.40. The number of pyridine rings is 1. The summed E-state index contributed by atoms with van der Waals surface area (Å²) in [5, 5.41) is 4.18. The number of aromatic amines is 1. The van der Waals surface area contributed by atoms with Gasteiger partial charge >= 0.3 is 0 Å². The third kappa shape index (κ3) is 3.17. The molecule has 3 aromatic rings. The van der Waals surface area contributed by atoms with E-state index in [9.17, 15) is 4.79 Å². The van der Waals surface area contributed by atoms with Gasteiger partial charge in [0.15, 0.2) is 0 Å². The summed E-state index contributed by atoms with van der Waals surface area (Å²) in [6.45, 7) is 1.95. The molecule has 22 heavy (non-hydrogen) atoms. The van der Waals surface area contributed by atoms with E-state index in [2.05, 4.69) is 21.4 Å². The maximum atomic E-state index is 12.1. The van der Waals surface area contributed by atoms with Gasteiger partial charge < -0.3 is 10.3 Å². The molecule has 1 aromatic carbocycles. The van der Waals surface area contributed by atoms with Gasteiger partial charge in [0.1, 0.15) is 0 Å². The lowest BCUT2D eigenvalue weighted by Crippen LogP contribution is -2.27. The molecular formula is C18H19N3O. The van der Waals surface area contributed by atoms with Crippen LogP contribution in [0.3, 0.4) is 0 Å². The zero-order chi connectivity index (χ0) is 15.4. The summed E-state index contributed by atoms with van der Waals surface area (Å²) in [5.41, 5.74) is 3.17. The first-order chi connectivity index (χ1) is 10.7. The van der Waals surface area contributed by atoms with Crippen LogP contribution in [-0.4, -0.2) is 15.9 Å². The highest BCUT2D eigenvalue weighted by Crippen LogP contribution is 2.19. The molecule has 0 aliphatic carbocycles. The van der Waals surface area contributed by atoms with Gasteiger partial charge in [0, 0.05) is 29.7 Å². The molecule has 2 heterocycles. The van der Waals surface area contributed by atoms with Crippen molar-refractivity contribution in [2.24, 2.45) is 0 Å². The fraction of sp³-hybridized carbons (Fsp3) is 0.222. The summed E-state index contributed by atoms with van der Waals surface area (Å²) in [5.74, 6) is 0.0448. The van der Waals surface area contributed by atoms with Crippen molar-refractivity contribution in [2.75, 3.05) is 0 Å². The largest absolute Gasteiger partial charge is 0.361 e. The number of carbonyl (C=O) groups is 1. The number of carbonyl (C=O) groups excluding carboxylic acids is 1. The molecule has 2 aromatic heterocycles. The number of hydrogen-bond donors (Lipinski definition) is 2. The monoisotopic (exact) mass is 293 g/mol. The molecule has 0 fully saturated rings. The first-order valence-electron chi connectivity index (χ1n) is 7.49. The first kappa shape index (κ1) is 14.3. The summed E-state index contributed by atoms with van der Waals surface area (Å²) in [6.07, 6.45) is 4.92. The molecule has 0 aliphatic heterocycles. The van der Waals surface area contributed by atoms with Crippen molar-refractivity contribution in [3.05, 3.63) is 66.1 Å². The summed E-state index contributed by atoms with van der Waals surface area (Å²) in [4.78, 5) is 19.6. The highest BCUT2D eigenvalue weighted by Gasteiger charge is 2.11. The fourth-order valence-electron chi connectivity index (χ4n) is 2.61. The van der Waals surface area contributed by atoms with Gasteiger partial charge in [0.25, 0.3) is 0 Å². The van der Waals surface area contributed by atoms with E-state index in [1.54, 1.807) is 6.20 Å². The number of aromatic nitrogens is 2. The van der Waals surface area contributed by atoms with Gasteiger partial charge in [-0.2, -0.15) is 0 Å². The molecule has 1 atom stereocenters. The van der Waals surface area contributed by atoms with Gasteiger partial charge in [0.05, 0.1) is 11.7 Å². The summed E-state index contributed by atoms with van der Waals surface area (Å²) in [7, 11) is 0. The zero-order valence-electron chi connectivity index (χ0n) is 12.5. The molecule has 0 bridgehead atoms. The molecule has 2 N–H and O–H groups in total. The minimum atomic E-state index is -0.0725. The fourth-order valence-corrected chi connectivity index (χ4v) is 2.61. The molecule has 4 heteroatoms. The molecule has 1 unspecified atom stereocenters. The molecule has 112 valence electrons. The second kappa shape index (κ2) is 6.43. The summed E-state index contributed by atoms with van der Waals surface area (Å²) < 4.78 is 0. The Hall–Kier alpha value is -2.62. The Balaban J connectivity index is 1.58. The van der Waals surface area contributed by atoms with Crippen molar-refractivity contribution in [1.82, 2.24) is 15.3 Å². The Morgan fingerprint density at radius 1 is 1.23 bits per heavy atom. The topological polar surface area (TPSA) is 57.8 Å². The van der Waals surface area contributed by atoms with Crippen LogP contribution in [0.2, 0.25) is 0 Å². The maximum Gasteiger partial charge on any atom is 0.220 e. The predicted octanol–water partition coefficient (Wildman–Crippen LogP) is 3.37. The van der Waals surface area contributed by atoms with Gasteiger partial charge in [-0.05, 0) is 37.1 Å². The van der Waals surface area contributed by atoms with Crippen LogP contribution in [0.25, 0.3) is 10.9 Å². The molecule has 0 spiro atoms. The average molecular weight is 293 g/mol. The molecule has 0 saturated heterocycles. The van der Waals surface area contributed by atoms with Crippen LogP contribution < -0.4 is 5.32 Å². The number of para-hydroxylation sites is 1. The number of nitrogens with one attached hydrogen (secondary N) is 2. The van der Waals surface area contributed by atoms with Crippen molar-refractivity contribution >= 4 is 16.8 Å². The van der Waals surface area contributed by atoms with Crippen molar-refractivity contribution < 1.29 is 4.79 Å². The van der Waals surface area contributed by atoms with E-state index in [1.807, 2.05) is 49.5 Å². The molecule has 4 nitrogen and oxygen atoms in total. The third-order valence-electron chi connectivity index (χ3n) is 3.81. The van der Waals surface area contributed by atoms with Crippen molar-refractivity contribution in [3.8, 4) is 0 Å². The number of benzene rings is 1. The Bertz CT molecular complexity index is 764. The molecular weight excluding hydrogens is 274 g/mol. The smallest absolute Gasteiger partial charge is 0.220 e. The van der Waals surface area contributed by atoms with Crippen molar-refractivity contribution in [3.63, 3.8) is 0 Å². The highest BCUT2D eigenvalue weighted by molar-refractivity contribution is 5.84. The van der Waals surface area contributed by atoms with E-state index in [1.165, 1.54) is 10.9 Å². The van der Waals surface area contributed by atoms with Crippen molar-refractivity contribution in [2.45, 2.75) is 25.8 Å². The SMILES string of the molecule is CC(NC(=O)CCc1c[nH]c2ccccc12)c1ccccn1. The Labute approximate surface area is 129 Å². The van der Waals surface area contributed by atoms with E-state index in [0.717, 1.165) is 17.6 Å². The number of fused-ring (bicyclic) bond motifs is 1. The van der Waals surface area contributed by atoms with Crippen molar-refractivity contribution in [1.29, 1.82) is 0 Å². The number of amides is 1. The van der Waals surface area contributed by atoms with Crippen LogP contribution in [0, 0.1) is 0 Å². The van der Waals surface area contributed by atoms with E-state index in [4.69, 9.17) is 0 Å². The highest BCUT2D eigenvalue weighted by atomic mass is 16.1. The lowest BCUT2D eigenvalue weighted by atomic mass is 10.1. The van der Waals surface area contributed by atoms with Gasteiger partial charge in [-0.25, -0.2) is 0 Å². The molecule has 3 rings (SSSR count). The van der Waals surface area contributed by atoms with Gasteiger partial charge in [-0.3, -0.25) is 9.78 Å². The Morgan fingerprint density at radius 2 is 2.05 bits per heavy atom. The van der Waals surface area contributed by atoms with E-state index in [0.29, 0.717) is 6.42 Å². The average Bonchev–Trinajstić information content (AvgIpc) is 2.97. The van der Waals surface area contributed by atoms with Crippen LogP contribution in [-0.2, 0) is 11.2 Å². The third-order valence-corrected chi connectivity index (χ3v) is 3.81. The molecule has 0 radical (unpaired) electrons. The van der Waals surface area contributed by atoms with Crippen LogP contribution in [0.4, 0.5) is 0 Å². The summed E-state index contributed by atoms with van der Waals surface area (Å²) in [6, 6.07) is 13.8. The number of aryl methyl sites for hydroxylation is 1. The van der Waals surface area contributed by atoms with E-state index >= 15 is 0 Å². The minimum Gasteiger partial charge on any atom is -0.361 e. The van der Waals surface area contributed by atoms with Crippen LogP contribution in [0.15, 0.2) is 54.9 Å². The van der Waals surface area contributed by atoms with Crippen LogP contribution in [0.1, 0.15) is 30.6 Å². The van der Waals surface area contributed by atoms with Gasteiger partial charge in [-0.1, -0.05) is 24.3 Å². The lowest BCUT2D eigenvalue weighted by Gasteiger charge is -2.13. The van der Waals surface area contributed by atoms with Gasteiger partial charge in [-0.15, -0.1) is 0 Å². The van der Waals surface area contributed by atoms with Gasteiger partial charge in [0.2, 0.25) is 5.91 Å². The number of nitrogens with zero attached hydrogens (tertiary/aromatic N) is 1. The molecule has 0 saturated carbocycles. The number of H-pyrrole nitrogens is 1. The predicted molar refractivity (Wildman–Crippen MR) is 87.4 cm³/mol. The van der Waals surface area contributed by atoms with E-state index < -0.39 is 0 Å². The standard InChI is InChI=1S/C18H19N3O/c1-13(16-7-4-5-11-19-16)21-18(22)10-9-14-12-20-17-8-3-2-6-15(14)17/h2-8,11-13,20H,9-10H2,1H3,(H,21,22). The summed E-state index contributed by atoms with van der Waals surface area (Å²) >= 11 is 0. The second-order valence-electron chi connectivity index (χ2n) is 5.40. The molecule has 1 amide bonds. The van der Waals surface area contributed by atoms with Crippen LogP contribution in [0.5, 0.6) is 0 Å². The maximum absolute atomic E-state index is 12.1. The first-order valence-corrected chi connectivity index (χ1v) is 7.49. The normalized spacial score (nSPS) is 12.2. The zero-order valence-corrected chi connectivity index (χ0v) is 12.5. The van der Waals surface area contributed by atoms with E-state index in [-0.39, 0.29) is 11.9 Å². The molecule has 0 aliphatic rings.